The zero-order valence-electron chi connectivity index (χ0n) is 10.1. The predicted octanol–water partition coefficient (Wildman–Crippen LogP) is 0.924. The van der Waals surface area contributed by atoms with Gasteiger partial charge in [0.1, 0.15) is 0 Å². The van der Waals surface area contributed by atoms with Gasteiger partial charge in [0.25, 0.3) is 0 Å². The Morgan fingerprint density at radius 2 is 1.94 bits per heavy atom. The van der Waals surface area contributed by atoms with Crippen LogP contribution in [0.5, 0.6) is 0 Å². The Balaban J connectivity index is 1.80. The Labute approximate surface area is 106 Å². The van der Waals surface area contributed by atoms with Gasteiger partial charge >= 0.3 is 0 Å². The highest BCUT2D eigenvalue weighted by Crippen LogP contribution is 2.28. The van der Waals surface area contributed by atoms with Gasteiger partial charge in [-0.15, -0.1) is 0 Å². The van der Waals surface area contributed by atoms with Gasteiger partial charge in [0.05, 0.1) is 18.5 Å². The number of piperidine rings is 1. The fourth-order valence-corrected chi connectivity index (χ4v) is 2.81. The number of likely N-dealkylation sites (tertiary alicyclic amines) is 1. The van der Waals surface area contributed by atoms with Crippen molar-refractivity contribution in [3.8, 4) is 0 Å². The van der Waals surface area contributed by atoms with Crippen LogP contribution in [-0.4, -0.2) is 29.3 Å². The van der Waals surface area contributed by atoms with Crippen molar-refractivity contribution < 1.29 is 9.59 Å². The fraction of sp³-hybridized carbons (Fsp3) is 0.429. The second-order valence-electron chi connectivity index (χ2n) is 4.93. The van der Waals surface area contributed by atoms with Crippen LogP contribution in [0.3, 0.4) is 0 Å². The average molecular weight is 244 g/mol. The monoisotopic (exact) mass is 244 g/mol. The highest BCUT2D eigenvalue weighted by molar-refractivity contribution is 6.07. The van der Waals surface area contributed by atoms with Crippen LogP contribution in [0.1, 0.15) is 18.4 Å². The van der Waals surface area contributed by atoms with Crippen LogP contribution in [0.15, 0.2) is 30.3 Å². The fourth-order valence-electron chi connectivity index (χ4n) is 2.81. The first-order valence-corrected chi connectivity index (χ1v) is 6.40. The van der Waals surface area contributed by atoms with Crippen LogP contribution in [0.25, 0.3) is 0 Å². The third-order valence-electron chi connectivity index (χ3n) is 3.76. The van der Waals surface area contributed by atoms with Crippen LogP contribution in [0, 0.1) is 5.92 Å². The topological polar surface area (TPSA) is 49.4 Å². The molecule has 4 heteroatoms. The highest BCUT2D eigenvalue weighted by atomic mass is 16.2. The molecule has 1 aromatic carbocycles. The molecule has 1 N–H and O–H groups in total. The number of nitrogens with one attached hydrogen (secondary N) is 1. The van der Waals surface area contributed by atoms with Crippen molar-refractivity contribution in [2.75, 3.05) is 6.54 Å². The lowest BCUT2D eigenvalue weighted by atomic mass is 9.93. The van der Waals surface area contributed by atoms with E-state index in [1.165, 1.54) is 4.90 Å². The Morgan fingerprint density at radius 3 is 2.67 bits per heavy atom. The summed E-state index contributed by atoms with van der Waals surface area (Å²) < 4.78 is 0. The first-order valence-electron chi connectivity index (χ1n) is 6.40. The van der Waals surface area contributed by atoms with Gasteiger partial charge < -0.3 is 5.32 Å². The predicted molar refractivity (Wildman–Crippen MR) is 66.5 cm³/mol. The van der Waals surface area contributed by atoms with E-state index in [-0.39, 0.29) is 23.8 Å². The van der Waals surface area contributed by atoms with E-state index in [0.29, 0.717) is 6.54 Å². The minimum atomic E-state index is -0.282. The van der Waals surface area contributed by atoms with Crippen LogP contribution in [-0.2, 0) is 16.1 Å². The molecule has 3 rings (SSSR count). The molecule has 4 nitrogen and oxygen atoms in total. The lowest BCUT2D eigenvalue weighted by Gasteiger charge is -2.21. The zero-order valence-corrected chi connectivity index (χ0v) is 10.1. The van der Waals surface area contributed by atoms with E-state index in [2.05, 4.69) is 5.32 Å². The summed E-state index contributed by atoms with van der Waals surface area (Å²) in [7, 11) is 0. The van der Waals surface area contributed by atoms with E-state index in [9.17, 15) is 9.59 Å². The number of fused-ring (bicyclic) bond motifs is 1. The number of benzene rings is 1. The third-order valence-corrected chi connectivity index (χ3v) is 3.76. The Morgan fingerprint density at radius 1 is 1.17 bits per heavy atom. The van der Waals surface area contributed by atoms with Gasteiger partial charge in [-0.1, -0.05) is 30.3 Å². The van der Waals surface area contributed by atoms with Gasteiger partial charge in [0.15, 0.2) is 0 Å². The minimum absolute atomic E-state index is 0.0129. The number of hydrogen-bond acceptors (Lipinski definition) is 3. The summed E-state index contributed by atoms with van der Waals surface area (Å²) in [6, 6.07) is 9.37. The summed E-state index contributed by atoms with van der Waals surface area (Å²) in [5.74, 6) is -0.218. The standard InChI is InChI=1S/C14H16N2O2/c17-13-11-7-4-8-15-12(11)14(18)16(13)9-10-5-2-1-3-6-10/h1-3,5-6,11-12,15H,4,7-9H2/t11?,12-/m0/s1. The van der Waals surface area contributed by atoms with E-state index in [1.807, 2.05) is 30.3 Å². The molecule has 94 valence electrons. The van der Waals surface area contributed by atoms with Crippen LogP contribution in [0.4, 0.5) is 0 Å². The Kier molecular flexibility index (Phi) is 2.88. The zero-order chi connectivity index (χ0) is 12.5. The summed E-state index contributed by atoms with van der Waals surface area (Å²) in [5.41, 5.74) is 0.998. The Hall–Kier alpha value is -1.68. The summed E-state index contributed by atoms with van der Waals surface area (Å²) in [6.07, 6.45) is 1.80. The van der Waals surface area contributed by atoms with Crippen molar-refractivity contribution in [3.05, 3.63) is 35.9 Å². The normalized spacial score (nSPS) is 27.4. The molecule has 1 unspecified atom stereocenters. The number of carbonyl (C=O) groups is 2. The molecule has 0 spiro atoms. The smallest absolute Gasteiger partial charge is 0.247 e. The molecule has 2 fully saturated rings. The number of imide groups is 1. The van der Waals surface area contributed by atoms with Crippen LogP contribution in [0.2, 0.25) is 0 Å². The molecular formula is C14H16N2O2. The van der Waals surface area contributed by atoms with Gasteiger partial charge in [-0.3, -0.25) is 14.5 Å². The van der Waals surface area contributed by atoms with E-state index >= 15 is 0 Å². The summed E-state index contributed by atoms with van der Waals surface area (Å²) in [6.45, 7) is 1.23. The average Bonchev–Trinajstić information content (AvgIpc) is 2.66. The first-order chi connectivity index (χ1) is 8.77. The molecule has 18 heavy (non-hydrogen) atoms. The van der Waals surface area contributed by atoms with E-state index in [0.717, 1.165) is 24.9 Å². The lowest BCUT2D eigenvalue weighted by Crippen LogP contribution is -2.44. The third kappa shape index (κ3) is 1.82. The molecule has 0 saturated carbocycles. The van der Waals surface area contributed by atoms with Crippen LogP contribution < -0.4 is 5.32 Å². The van der Waals surface area contributed by atoms with E-state index in [4.69, 9.17) is 0 Å². The largest absolute Gasteiger partial charge is 0.305 e. The number of carbonyl (C=O) groups excluding carboxylic acids is 2. The molecule has 2 aliphatic rings. The summed E-state index contributed by atoms with van der Waals surface area (Å²) in [4.78, 5) is 25.8. The highest BCUT2D eigenvalue weighted by Gasteiger charge is 2.48. The molecule has 2 heterocycles. The van der Waals surface area contributed by atoms with Gasteiger partial charge in [-0.25, -0.2) is 0 Å². The van der Waals surface area contributed by atoms with Crippen molar-refractivity contribution in [3.63, 3.8) is 0 Å². The molecule has 2 aliphatic heterocycles. The lowest BCUT2D eigenvalue weighted by molar-refractivity contribution is -0.140. The molecule has 2 atom stereocenters. The SMILES string of the molecule is O=C1C2CCCN[C@@H]2C(=O)N1Cc1ccccc1. The molecule has 0 aromatic heterocycles. The molecule has 0 radical (unpaired) electrons. The molecule has 0 aliphatic carbocycles. The maximum Gasteiger partial charge on any atom is 0.247 e. The molecule has 2 amide bonds. The van der Waals surface area contributed by atoms with Crippen molar-refractivity contribution >= 4 is 11.8 Å². The molecular weight excluding hydrogens is 228 g/mol. The molecule has 2 saturated heterocycles. The first kappa shape index (κ1) is 11.4. The maximum absolute atomic E-state index is 12.2. The summed E-state index contributed by atoms with van der Waals surface area (Å²) in [5, 5.41) is 3.16. The van der Waals surface area contributed by atoms with E-state index < -0.39 is 0 Å². The number of nitrogens with zero attached hydrogens (tertiary/aromatic N) is 1. The molecule has 1 aromatic rings. The van der Waals surface area contributed by atoms with Gasteiger partial charge in [0.2, 0.25) is 11.8 Å². The minimum Gasteiger partial charge on any atom is -0.305 e. The Bertz CT molecular complexity index is 448. The van der Waals surface area contributed by atoms with Crippen molar-refractivity contribution in [1.29, 1.82) is 0 Å². The summed E-state index contributed by atoms with van der Waals surface area (Å²) >= 11 is 0. The van der Waals surface area contributed by atoms with E-state index in [1.54, 1.807) is 0 Å². The molecule has 0 bridgehead atoms. The second kappa shape index (κ2) is 4.53. The van der Waals surface area contributed by atoms with Crippen molar-refractivity contribution in [1.82, 2.24) is 10.2 Å². The van der Waals surface area contributed by atoms with Crippen LogP contribution >= 0.6 is 0 Å². The quantitative estimate of drug-likeness (QED) is 0.787. The van der Waals surface area contributed by atoms with Crippen molar-refractivity contribution in [2.24, 2.45) is 5.92 Å². The number of rotatable bonds is 2. The maximum atomic E-state index is 12.2. The number of amides is 2. The second-order valence-corrected chi connectivity index (χ2v) is 4.93. The van der Waals surface area contributed by atoms with Gasteiger partial charge in [0, 0.05) is 0 Å². The van der Waals surface area contributed by atoms with Crippen molar-refractivity contribution in [2.45, 2.75) is 25.4 Å². The number of hydrogen-bond donors (Lipinski definition) is 1. The van der Waals surface area contributed by atoms with Gasteiger partial charge in [-0.2, -0.15) is 0 Å². The van der Waals surface area contributed by atoms with Gasteiger partial charge in [-0.05, 0) is 24.9 Å².